The maximum absolute atomic E-state index is 11.1. The van der Waals surface area contributed by atoms with Crippen LogP contribution in [0.2, 0.25) is 0 Å². The first kappa shape index (κ1) is 16.9. The van der Waals surface area contributed by atoms with Gasteiger partial charge in [0.25, 0.3) is 0 Å². The van der Waals surface area contributed by atoms with Crippen molar-refractivity contribution < 1.29 is 19.0 Å². The lowest BCUT2D eigenvalue weighted by Gasteiger charge is -2.15. The van der Waals surface area contributed by atoms with Crippen LogP contribution in [0.3, 0.4) is 0 Å². The number of ether oxygens (including phenoxy) is 3. The number of carbonyl (C=O) groups is 1. The van der Waals surface area contributed by atoms with Gasteiger partial charge in [0.15, 0.2) is 17.8 Å². The molecule has 0 radical (unpaired) electrons. The summed E-state index contributed by atoms with van der Waals surface area (Å²) in [6.07, 6.45) is 0.757. The first-order valence-electron chi connectivity index (χ1n) is 7.52. The average Bonchev–Trinajstić information content (AvgIpc) is 2.55. The third-order valence-electron chi connectivity index (χ3n) is 3.71. The molecular formula is C19H22O4. The molecule has 2 rings (SSSR count). The Balaban J connectivity index is 2.00. The van der Waals surface area contributed by atoms with Gasteiger partial charge in [-0.3, -0.25) is 4.79 Å². The largest absolute Gasteiger partial charge is 0.493 e. The van der Waals surface area contributed by atoms with Gasteiger partial charge >= 0.3 is 0 Å². The van der Waals surface area contributed by atoms with Crippen molar-refractivity contribution in [2.45, 2.75) is 20.8 Å². The maximum Gasteiger partial charge on any atom is 0.171 e. The molecule has 0 bridgehead atoms. The summed E-state index contributed by atoms with van der Waals surface area (Å²) in [4.78, 5) is 11.1. The van der Waals surface area contributed by atoms with Gasteiger partial charge in [0.05, 0.1) is 12.7 Å². The molecule has 4 nitrogen and oxygen atoms in total. The number of aryl methyl sites for hydroxylation is 2. The van der Waals surface area contributed by atoms with Crippen molar-refractivity contribution in [1.29, 1.82) is 0 Å². The Morgan fingerprint density at radius 1 is 1.00 bits per heavy atom. The van der Waals surface area contributed by atoms with Crippen LogP contribution in [0.4, 0.5) is 0 Å². The van der Waals surface area contributed by atoms with Crippen LogP contribution in [0.1, 0.15) is 27.0 Å². The molecule has 0 spiro atoms. The van der Waals surface area contributed by atoms with Gasteiger partial charge in [-0.2, -0.15) is 0 Å². The SMILES string of the molecule is COc1cccc(C=O)c1OCCOc1cc(C)cc(C)c1C. The molecule has 0 aliphatic carbocycles. The van der Waals surface area contributed by atoms with Gasteiger partial charge < -0.3 is 14.2 Å². The van der Waals surface area contributed by atoms with Crippen LogP contribution in [-0.2, 0) is 0 Å². The lowest BCUT2D eigenvalue weighted by atomic mass is 10.1. The van der Waals surface area contributed by atoms with Crippen LogP contribution in [0.25, 0.3) is 0 Å². The first-order valence-corrected chi connectivity index (χ1v) is 7.52. The minimum atomic E-state index is 0.327. The molecular weight excluding hydrogens is 292 g/mol. The van der Waals surface area contributed by atoms with E-state index in [4.69, 9.17) is 14.2 Å². The van der Waals surface area contributed by atoms with Gasteiger partial charge in [0.1, 0.15) is 19.0 Å². The molecule has 2 aromatic carbocycles. The highest BCUT2D eigenvalue weighted by atomic mass is 16.5. The number of aldehydes is 1. The number of hydrogen-bond donors (Lipinski definition) is 0. The zero-order chi connectivity index (χ0) is 16.8. The van der Waals surface area contributed by atoms with Crippen LogP contribution < -0.4 is 14.2 Å². The fourth-order valence-corrected chi connectivity index (χ4v) is 2.39. The van der Waals surface area contributed by atoms with E-state index in [-0.39, 0.29) is 0 Å². The molecule has 0 aliphatic rings. The summed E-state index contributed by atoms with van der Waals surface area (Å²) in [6.45, 7) is 6.86. The Hall–Kier alpha value is -2.49. The zero-order valence-electron chi connectivity index (χ0n) is 14.0. The summed E-state index contributed by atoms with van der Waals surface area (Å²) in [7, 11) is 1.55. The Bertz CT molecular complexity index is 692. The number of rotatable bonds is 7. The molecule has 4 heteroatoms. The minimum absolute atomic E-state index is 0.327. The van der Waals surface area contributed by atoms with Crippen molar-refractivity contribution in [3.63, 3.8) is 0 Å². The van der Waals surface area contributed by atoms with Gasteiger partial charge in [-0.05, 0) is 55.7 Å². The van der Waals surface area contributed by atoms with Crippen LogP contribution in [-0.4, -0.2) is 26.6 Å². The number of para-hydroxylation sites is 1. The molecule has 0 saturated heterocycles. The highest BCUT2D eigenvalue weighted by Gasteiger charge is 2.10. The van der Waals surface area contributed by atoms with Crippen molar-refractivity contribution in [1.82, 2.24) is 0 Å². The van der Waals surface area contributed by atoms with Gasteiger partial charge in [-0.1, -0.05) is 12.1 Å². The van der Waals surface area contributed by atoms with Crippen LogP contribution >= 0.6 is 0 Å². The summed E-state index contributed by atoms with van der Waals surface area (Å²) >= 11 is 0. The van der Waals surface area contributed by atoms with E-state index in [0.717, 1.165) is 23.2 Å². The second-order valence-corrected chi connectivity index (χ2v) is 5.40. The standard InChI is InChI=1S/C19H22O4/c1-13-10-14(2)15(3)18(11-13)22-8-9-23-19-16(12-20)6-5-7-17(19)21-4/h5-7,10-12H,8-9H2,1-4H3. The van der Waals surface area contributed by atoms with E-state index < -0.39 is 0 Å². The number of benzene rings is 2. The average molecular weight is 314 g/mol. The molecule has 23 heavy (non-hydrogen) atoms. The second-order valence-electron chi connectivity index (χ2n) is 5.40. The van der Waals surface area contributed by atoms with Gasteiger partial charge in [-0.25, -0.2) is 0 Å². The van der Waals surface area contributed by atoms with Crippen molar-refractivity contribution in [2.24, 2.45) is 0 Å². The topological polar surface area (TPSA) is 44.8 Å². The molecule has 0 amide bonds. The van der Waals surface area contributed by atoms with Crippen molar-refractivity contribution >= 4 is 6.29 Å². The Labute approximate surface area is 137 Å². The molecule has 0 fully saturated rings. The molecule has 0 aliphatic heterocycles. The van der Waals surface area contributed by atoms with Crippen LogP contribution in [0.15, 0.2) is 30.3 Å². The molecule has 0 atom stereocenters. The Kier molecular flexibility index (Phi) is 5.63. The third kappa shape index (κ3) is 4.03. The molecule has 0 N–H and O–H groups in total. The third-order valence-corrected chi connectivity index (χ3v) is 3.71. The monoisotopic (exact) mass is 314 g/mol. The molecule has 2 aromatic rings. The van der Waals surface area contributed by atoms with Crippen molar-refractivity contribution in [3.05, 3.63) is 52.6 Å². The second kappa shape index (κ2) is 7.68. The molecule has 0 aromatic heterocycles. The smallest absolute Gasteiger partial charge is 0.171 e. The lowest BCUT2D eigenvalue weighted by molar-refractivity contribution is 0.111. The molecule has 122 valence electrons. The van der Waals surface area contributed by atoms with Crippen molar-refractivity contribution in [3.8, 4) is 17.2 Å². The summed E-state index contributed by atoms with van der Waals surface area (Å²) < 4.78 is 16.7. The Morgan fingerprint density at radius 3 is 2.43 bits per heavy atom. The lowest BCUT2D eigenvalue weighted by Crippen LogP contribution is -2.11. The quantitative estimate of drug-likeness (QED) is 0.574. The first-order chi connectivity index (χ1) is 11.1. The van der Waals surface area contributed by atoms with E-state index in [2.05, 4.69) is 13.0 Å². The fraction of sp³-hybridized carbons (Fsp3) is 0.316. The molecule has 0 unspecified atom stereocenters. The number of methoxy groups -OCH3 is 1. The van der Waals surface area contributed by atoms with E-state index in [9.17, 15) is 4.79 Å². The summed E-state index contributed by atoms with van der Waals surface area (Å²) in [5, 5.41) is 0. The summed E-state index contributed by atoms with van der Waals surface area (Å²) in [6, 6.07) is 9.36. The highest BCUT2D eigenvalue weighted by Crippen LogP contribution is 2.30. The van der Waals surface area contributed by atoms with E-state index in [1.165, 1.54) is 5.56 Å². The zero-order valence-corrected chi connectivity index (χ0v) is 14.0. The maximum atomic E-state index is 11.1. The van der Waals surface area contributed by atoms with Gasteiger partial charge in [-0.15, -0.1) is 0 Å². The normalized spacial score (nSPS) is 10.3. The summed E-state index contributed by atoms with van der Waals surface area (Å²) in [5.41, 5.74) is 3.96. The highest BCUT2D eigenvalue weighted by molar-refractivity contribution is 5.81. The van der Waals surface area contributed by atoms with E-state index in [0.29, 0.717) is 30.3 Å². The predicted octanol–water partition coefficient (Wildman–Crippen LogP) is 3.89. The summed E-state index contributed by atoms with van der Waals surface area (Å²) in [5.74, 6) is 1.85. The van der Waals surface area contributed by atoms with E-state index >= 15 is 0 Å². The van der Waals surface area contributed by atoms with E-state index in [1.54, 1.807) is 25.3 Å². The predicted molar refractivity (Wildman–Crippen MR) is 90.0 cm³/mol. The number of carbonyl (C=O) groups excluding carboxylic acids is 1. The Morgan fingerprint density at radius 2 is 1.74 bits per heavy atom. The fourth-order valence-electron chi connectivity index (χ4n) is 2.39. The van der Waals surface area contributed by atoms with Crippen LogP contribution in [0.5, 0.6) is 17.2 Å². The van der Waals surface area contributed by atoms with Gasteiger partial charge in [0, 0.05) is 0 Å². The minimum Gasteiger partial charge on any atom is -0.493 e. The molecule has 0 saturated carbocycles. The van der Waals surface area contributed by atoms with Gasteiger partial charge in [0.2, 0.25) is 0 Å². The number of hydrogen-bond acceptors (Lipinski definition) is 4. The molecule has 0 heterocycles. The van der Waals surface area contributed by atoms with Crippen LogP contribution in [0, 0.1) is 20.8 Å². The van der Waals surface area contributed by atoms with Crippen molar-refractivity contribution in [2.75, 3.05) is 20.3 Å². The van der Waals surface area contributed by atoms with E-state index in [1.807, 2.05) is 19.9 Å².